The van der Waals surface area contributed by atoms with E-state index in [2.05, 4.69) is 25.9 Å². The van der Waals surface area contributed by atoms with Crippen molar-refractivity contribution in [2.45, 2.75) is 0 Å². The summed E-state index contributed by atoms with van der Waals surface area (Å²) in [6.07, 6.45) is 0. The van der Waals surface area contributed by atoms with Crippen molar-refractivity contribution in [1.82, 2.24) is 0 Å². The van der Waals surface area contributed by atoms with Crippen molar-refractivity contribution in [3.8, 4) is 0 Å². The summed E-state index contributed by atoms with van der Waals surface area (Å²) in [5, 5.41) is -0.135. The lowest BCUT2D eigenvalue weighted by atomic mass is 10.3. The highest BCUT2D eigenvalue weighted by Crippen LogP contribution is 2.36. The van der Waals surface area contributed by atoms with Crippen molar-refractivity contribution in [3.05, 3.63) is 27.2 Å². The minimum atomic E-state index is -1.13. The van der Waals surface area contributed by atoms with Gasteiger partial charge >= 0.3 is 0 Å². The summed E-state index contributed by atoms with van der Waals surface area (Å²) in [4.78, 5) is 7.07. The molecule has 0 spiro atoms. The lowest BCUT2D eigenvalue weighted by Crippen LogP contribution is -2.26. The van der Waals surface area contributed by atoms with Crippen LogP contribution in [0.25, 0.3) is 0 Å². The van der Waals surface area contributed by atoms with E-state index in [-0.39, 0.29) is 27.1 Å². The van der Waals surface area contributed by atoms with Crippen LogP contribution in [0.4, 0.5) is 14.5 Å². The zero-order valence-electron chi connectivity index (χ0n) is 8.22. The average molecular weight is 327 g/mol. The number of halogens is 4. The van der Waals surface area contributed by atoms with Crippen LogP contribution < -0.4 is 17.2 Å². The van der Waals surface area contributed by atoms with E-state index in [0.29, 0.717) is 0 Å². The number of aliphatic imine (C=N–C) groups is 2. The van der Waals surface area contributed by atoms with Gasteiger partial charge in [0.25, 0.3) is 0 Å². The number of guanidine groups is 2. The molecule has 6 N–H and O–H groups in total. The van der Waals surface area contributed by atoms with E-state index in [4.69, 9.17) is 28.8 Å². The zero-order chi connectivity index (χ0) is 13.2. The second kappa shape index (κ2) is 5.28. The van der Waals surface area contributed by atoms with Gasteiger partial charge < -0.3 is 17.2 Å². The fourth-order valence-corrected chi connectivity index (χ4v) is 1.77. The Hall–Kier alpha value is -1.41. The SMILES string of the molecule is NC(N)=NC(N)=Nc1c(Cl)cc(F)c(F)c1Br. The third-order valence-electron chi connectivity index (χ3n) is 1.56. The second-order valence-electron chi connectivity index (χ2n) is 2.82. The molecule has 0 heterocycles. The molecular formula is C8H7BrClF2N5. The van der Waals surface area contributed by atoms with Gasteiger partial charge in [-0.1, -0.05) is 11.6 Å². The van der Waals surface area contributed by atoms with Crippen LogP contribution in [0.3, 0.4) is 0 Å². The number of rotatable bonds is 1. The first kappa shape index (κ1) is 13.7. The van der Waals surface area contributed by atoms with Gasteiger partial charge in [-0.2, -0.15) is 4.99 Å². The maximum Gasteiger partial charge on any atom is 0.223 e. The predicted molar refractivity (Wildman–Crippen MR) is 66.2 cm³/mol. The minimum absolute atomic E-state index is 0.104. The molecule has 0 saturated heterocycles. The fraction of sp³-hybridized carbons (Fsp3) is 0. The summed E-state index contributed by atoms with van der Waals surface area (Å²) in [6, 6.07) is 0.767. The minimum Gasteiger partial charge on any atom is -0.370 e. The van der Waals surface area contributed by atoms with Crippen molar-refractivity contribution in [1.29, 1.82) is 0 Å². The van der Waals surface area contributed by atoms with Crippen molar-refractivity contribution in [3.63, 3.8) is 0 Å². The van der Waals surface area contributed by atoms with Gasteiger partial charge in [0.05, 0.1) is 9.50 Å². The number of nitrogens with two attached hydrogens (primary N) is 3. The van der Waals surface area contributed by atoms with Crippen LogP contribution in [-0.4, -0.2) is 11.9 Å². The molecule has 0 fully saturated rings. The van der Waals surface area contributed by atoms with E-state index in [9.17, 15) is 8.78 Å². The molecule has 0 aliphatic heterocycles. The highest BCUT2D eigenvalue weighted by molar-refractivity contribution is 9.10. The van der Waals surface area contributed by atoms with Crippen molar-refractivity contribution in [2.24, 2.45) is 27.2 Å². The van der Waals surface area contributed by atoms with Crippen LogP contribution in [0.15, 0.2) is 20.5 Å². The van der Waals surface area contributed by atoms with Gasteiger partial charge in [0, 0.05) is 0 Å². The molecule has 1 aromatic rings. The Morgan fingerprint density at radius 2 is 1.88 bits per heavy atom. The summed E-state index contributed by atoms with van der Waals surface area (Å²) in [7, 11) is 0. The third kappa shape index (κ3) is 3.27. The van der Waals surface area contributed by atoms with Crippen LogP contribution in [0.5, 0.6) is 0 Å². The van der Waals surface area contributed by atoms with Crippen molar-refractivity contribution < 1.29 is 8.78 Å². The fourth-order valence-electron chi connectivity index (χ4n) is 0.931. The Labute approximate surface area is 108 Å². The van der Waals surface area contributed by atoms with E-state index in [1.807, 2.05) is 0 Å². The Bertz CT molecular complexity index is 513. The predicted octanol–water partition coefficient (Wildman–Crippen LogP) is 1.60. The maximum atomic E-state index is 13.2. The summed E-state index contributed by atoms with van der Waals surface area (Å²) < 4.78 is 25.9. The lowest BCUT2D eigenvalue weighted by Gasteiger charge is -2.04. The lowest BCUT2D eigenvalue weighted by molar-refractivity contribution is 0.504. The summed E-state index contributed by atoms with van der Waals surface area (Å²) in [5.74, 6) is -2.90. The number of benzene rings is 1. The zero-order valence-corrected chi connectivity index (χ0v) is 10.6. The van der Waals surface area contributed by atoms with Crippen LogP contribution in [0.2, 0.25) is 5.02 Å². The number of nitrogens with zero attached hydrogens (tertiary/aromatic N) is 2. The van der Waals surface area contributed by atoms with Crippen LogP contribution in [-0.2, 0) is 0 Å². The van der Waals surface area contributed by atoms with E-state index in [0.717, 1.165) is 6.07 Å². The van der Waals surface area contributed by atoms with Crippen LogP contribution in [0, 0.1) is 11.6 Å². The van der Waals surface area contributed by atoms with Gasteiger partial charge in [-0.05, 0) is 22.0 Å². The molecule has 1 rings (SSSR count). The monoisotopic (exact) mass is 325 g/mol. The summed E-state index contributed by atoms with van der Waals surface area (Å²) >= 11 is 8.48. The summed E-state index contributed by atoms with van der Waals surface area (Å²) in [6.45, 7) is 0. The largest absolute Gasteiger partial charge is 0.370 e. The molecule has 0 aromatic heterocycles. The Morgan fingerprint density at radius 3 is 2.41 bits per heavy atom. The second-order valence-corrected chi connectivity index (χ2v) is 4.02. The smallest absolute Gasteiger partial charge is 0.223 e. The van der Waals surface area contributed by atoms with E-state index >= 15 is 0 Å². The Kier molecular flexibility index (Phi) is 4.24. The Balaban J connectivity index is 3.34. The standard InChI is InChI=1S/C8H7BrClF2N5/c9-4-5(12)3(11)1-2(10)6(4)16-8(15)17-7(13)14/h1H,(H6,13,14,15,16,17). The average Bonchev–Trinajstić information content (AvgIpc) is 2.20. The molecule has 0 radical (unpaired) electrons. The first-order chi connectivity index (χ1) is 7.82. The molecule has 1 aromatic carbocycles. The molecule has 0 unspecified atom stereocenters. The van der Waals surface area contributed by atoms with Gasteiger partial charge in [0.2, 0.25) is 5.96 Å². The third-order valence-corrected chi connectivity index (χ3v) is 2.57. The molecule has 17 heavy (non-hydrogen) atoms. The molecule has 0 saturated carbocycles. The Morgan fingerprint density at radius 1 is 1.29 bits per heavy atom. The molecule has 0 aliphatic carbocycles. The first-order valence-corrected chi connectivity index (χ1v) is 5.26. The van der Waals surface area contributed by atoms with Crippen molar-refractivity contribution >= 4 is 45.1 Å². The van der Waals surface area contributed by atoms with Crippen LogP contribution >= 0.6 is 27.5 Å². The van der Waals surface area contributed by atoms with Crippen LogP contribution in [0.1, 0.15) is 0 Å². The van der Waals surface area contributed by atoms with Crippen molar-refractivity contribution in [2.75, 3.05) is 0 Å². The van der Waals surface area contributed by atoms with Gasteiger partial charge in [0.1, 0.15) is 5.69 Å². The first-order valence-electron chi connectivity index (χ1n) is 4.09. The number of hydrogen-bond acceptors (Lipinski definition) is 1. The van der Waals surface area contributed by atoms with E-state index in [1.165, 1.54) is 0 Å². The number of hydrogen-bond donors (Lipinski definition) is 3. The molecule has 0 amide bonds. The maximum absolute atomic E-state index is 13.2. The molecule has 92 valence electrons. The molecule has 5 nitrogen and oxygen atoms in total. The van der Waals surface area contributed by atoms with Gasteiger partial charge in [-0.3, -0.25) is 0 Å². The molecular weight excluding hydrogens is 319 g/mol. The van der Waals surface area contributed by atoms with Gasteiger partial charge in [0.15, 0.2) is 17.6 Å². The highest BCUT2D eigenvalue weighted by Gasteiger charge is 2.15. The molecule has 0 bridgehead atoms. The summed E-state index contributed by atoms with van der Waals surface area (Å²) in [5.41, 5.74) is 15.4. The topological polar surface area (TPSA) is 103 Å². The molecule has 0 aliphatic rings. The van der Waals surface area contributed by atoms with E-state index < -0.39 is 11.6 Å². The molecule has 0 atom stereocenters. The quantitative estimate of drug-likeness (QED) is 0.316. The van der Waals surface area contributed by atoms with Gasteiger partial charge in [-0.25, -0.2) is 13.8 Å². The molecule has 9 heteroatoms. The normalized spacial score (nSPS) is 11.4. The van der Waals surface area contributed by atoms with E-state index in [1.54, 1.807) is 0 Å². The van der Waals surface area contributed by atoms with Gasteiger partial charge in [-0.15, -0.1) is 0 Å². The highest BCUT2D eigenvalue weighted by atomic mass is 79.9.